The summed E-state index contributed by atoms with van der Waals surface area (Å²) in [5.41, 5.74) is 4.57. The first-order valence-corrected chi connectivity index (χ1v) is 11.6. The van der Waals surface area contributed by atoms with Crippen molar-refractivity contribution in [3.05, 3.63) is 83.4 Å². The van der Waals surface area contributed by atoms with Crippen molar-refractivity contribution in [1.29, 1.82) is 0 Å². The highest BCUT2D eigenvalue weighted by molar-refractivity contribution is 7.22. The molecule has 0 bridgehead atoms. The third-order valence-corrected chi connectivity index (χ3v) is 6.57. The van der Waals surface area contributed by atoms with Crippen LogP contribution in [0.2, 0.25) is 0 Å². The van der Waals surface area contributed by atoms with Gasteiger partial charge in [-0.1, -0.05) is 29.5 Å². The molecule has 7 heteroatoms. The summed E-state index contributed by atoms with van der Waals surface area (Å²) in [6, 6.07) is 17.2. The van der Waals surface area contributed by atoms with Crippen LogP contribution in [0.3, 0.4) is 0 Å². The molecule has 3 aromatic heterocycles. The van der Waals surface area contributed by atoms with E-state index < -0.39 is 0 Å². The second-order valence-electron chi connectivity index (χ2n) is 7.83. The maximum Gasteiger partial charge on any atom is 0.296 e. The Morgan fingerprint density at radius 3 is 2.73 bits per heavy atom. The van der Waals surface area contributed by atoms with Crippen LogP contribution in [0.25, 0.3) is 21.2 Å². The van der Waals surface area contributed by atoms with Gasteiger partial charge in [0.1, 0.15) is 0 Å². The number of aromatic nitrogens is 2. The molecule has 0 radical (unpaired) electrons. The number of anilines is 1. The van der Waals surface area contributed by atoms with Gasteiger partial charge in [0, 0.05) is 11.6 Å². The quantitative estimate of drug-likeness (QED) is 0.299. The Bertz CT molecular complexity index is 1420. The fraction of sp³-hybridized carbons (Fsp3) is 0.192. The van der Waals surface area contributed by atoms with Gasteiger partial charge >= 0.3 is 0 Å². The summed E-state index contributed by atoms with van der Waals surface area (Å²) in [5.74, 6) is 0.586. The number of carbonyl (C=O) groups is 1. The number of para-hydroxylation sites is 1. The second kappa shape index (κ2) is 8.67. The number of ether oxygens (including phenoxy) is 1. The molecule has 0 aliphatic carbocycles. The lowest BCUT2D eigenvalue weighted by Crippen LogP contribution is -2.30. The average molecular weight is 458 g/mol. The molecular weight excluding hydrogens is 434 g/mol. The molecular formula is C26H23N3O3S. The van der Waals surface area contributed by atoms with E-state index in [0.717, 1.165) is 21.3 Å². The van der Waals surface area contributed by atoms with Crippen LogP contribution in [-0.4, -0.2) is 22.5 Å². The molecule has 3 heterocycles. The van der Waals surface area contributed by atoms with Gasteiger partial charge in [0.15, 0.2) is 22.2 Å². The van der Waals surface area contributed by atoms with Gasteiger partial charge in [0.05, 0.1) is 29.1 Å². The Hall–Kier alpha value is -3.71. The molecule has 0 unspecified atom stereocenters. The van der Waals surface area contributed by atoms with E-state index in [0.29, 0.717) is 23.1 Å². The summed E-state index contributed by atoms with van der Waals surface area (Å²) in [6.07, 6.45) is 1.72. The van der Waals surface area contributed by atoms with Crippen molar-refractivity contribution in [3.8, 4) is 5.75 Å². The lowest BCUT2D eigenvalue weighted by atomic mass is 10.1. The van der Waals surface area contributed by atoms with Crippen LogP contribution < -0.4 is 9.64 Å². The molecule has 0 spiro atoms. The smallest absolute Gasteiger partial charge is 0.296 e. The van der Waals surface area contributed by atoms with E-state index in [1.807, 2.05) is 43.3 Å². The summed E-state index contributed by atoms with van der Waals surface area (Å²) in [5, 5.41) is 1.42. The molecule has 6 nitrogen and oxygen atoms in total. The second-order valence-corrected chi connectivity index (χ2v) is 8.84. The largest absolute Gasteiger partial charge is 0.490 e. The first-order valence-electron chi connectivity index (χ1n) is 10.8. The van der Waals surface area contributed by atoms with Crippen LogP contribution in [0.1, 0.15) is 34.3 Å². The molecule has 0 N–H and O–H groups in total. The predicted molar refractivity (Wildman–Crippen MR) is 131 cm³/mol. The molecule has 0 atom stereocenters. The average Bonchev–Trinajstić information content (AvgIpc) is 3.43. The monoisotopic (exact) mass is 457 g/mol. The van der Waals surface area contributed by atoms with E-state index in [2.05, 4.69) is 31.0 Å². The van der Waals surface area contributed by atoms with Crippen LogP contribution in [0.4, 0.5) is 5.13 Å². The SMILES string of the molecule is CCOc1cccc2cc(C(=O)N(Cc3ccccn3)c3nc4cc(C)c(C)cc4s3)oc12. The fourth-order valence-corrected chi connectivity index (χ4v) is 4.75. The Morgan fingerprint density at radius 1 is 1.09 bits per heavy atom. The summed E-state index contributed by atoms with van der Waals surface area (Å²) in [6.45, 7) is 6.86. The van der Waals surface area contributed by atoms with Crippen molar-refractivity contribution in [2.75, 3.05) is 11.5 Å². The van der Waals surface area contributed by atoms with Gasteiger partial charge in [-0.15, -0.1) is 0 Å². The zero-order valence-electron chi connectivity index (χ0n) is 18.7. The van der Waals surface area contributed by atoms with Crippen molar-refractivity contribution in [2.24, 2.45) is 0 Å². The van der Waals surface area contributed by atoms with E-state index >= 15 is 0 Å². The molecule has 0 aliphatic rings. The standard InChI is InChI=1S/C26H23N3O3S/c1-4-31-21-10-7-8-18-14-22(32-24(18)21)25(30)29(15-19-9-5-6-11-27-19)26-28-20-12-16(2)17(3)13-23(20)33-26/h5-14H,4,15H2,1-3H3. The maximum atomic E-state index is 13.7. The van der Waals surface area contributed by atoms with Gasteiger partial charge in [-0.05, 0) is 68.3 Å². The number of nitrogens with zero attached hydrogens (tertiary/aromatic N) is 3. The number of pyridine rings is 1. The van der Waals surface area contributed by atoms with Gasteiger partial charge in [-0.25, -0.2) is 4.98 Å². The van der Waals surface area contributed by atoms with E-state index in [-0.39, 0.29) is 18.2 Å². The number of rotatable bonds is 6. The number of carbonyl (C=O) groups excluding carboxylic acids is 1. The third kappa shape index (κ3) is 4.07. The fourth-order valence-electron chi connectivity index (χ4n) is 3.71. The van der Waals surface area contributed by atoms with Gasteiger partial charge in [-0.2, -0.15) is 0 Å². The number of hydrogen-bond acceptors (Lipinski definition) is 6. The molecule has 0 saturated carbocycles. The lowest BCUT2D eigenvalue weighted by molar-refractivity contribution is 0.0960. The number of fused-ring (bicyclic) bond motifs is 2. The molecule has 0 fully saturated rings. The van der Waals surface area contributed by atoms with Gasteiger partial charge in [0.2, 0.25) is 0 Å². The van der Waals surface area contributed by atoms with Crippen LogP contribution in [0.5, 0.6) is 5.75 Å². The molecule has 33 heavy (non-hydrogen) atoms. The Labute approximate surface area is 195 Å². The highest BCUT2D eigenvalue weighted by Gasteiger charge is 2.26. The van der Waals surface area contributed by atoms with E-state index in [1.165, 1.54) is 22.5 Å². The number of benzene rings is 2. The van der Waals surface area contributed by atoms with Crippen molar-refractivity contribution >= 4 is 43.6 Å². The maximum absolute atomic E-state index is 13.7. The van der Waals surface area contributed by atoms with Gasteiger partial charge in [-0.3, -0.25) is 14.7 Å². The molecule has 2 aromatic carbocycles. The van der Waals surface area contributed by atoms with Crippen molar-refractivity contribution in [3.63, 3.8) is 0 Å². The molecule has 1 amide bonds. The number of thiazole rings is 1. The van der Waals surface area contributed by atoms with Crippen LogP contribution >= 0.6 is 11.3 Å². The highest BCUT2D eigenvalue weighted by Crippen LogP contribution is 2.34. The predicted octanol–water partition coefficient (Wildman–Crippen LogP) is 6.30. The molecule has 0 saturated heterocycles. The van der Waals surface area contributed by atoms with Crippen LogP contribution in [0.15, 0.2) is 65.2 Å². The summed E-state index contributed by atoms with van der Waals surface area (Å²) >= 11 is 1.49. The van der Waals surface area contributed by atoms with Crippen LogP contribution in [0, 0.1) is 13.8 Å². The zero-order valence-corrected chi connectivity index (χ0v) is 19.5. The molecule has 5 aromatic rings. The minimum absolute atomic E-state index is 0.236. The van der Waals surface area contributed by atoms with Crippen molar-refractivity contribution < 1.29 is 13.9 Å². The molecule has 166 valence electrons. The lowest BCUT2D eigenvalue weighted by Gasteiger charge is -2.18. The summed E-state index contributed by atoms with van der Waals surface area (Å²) < 4.78 is 12.7. The molecule has 0 aliphatic heterocycles. The highest BCUT2D eigenvalue weighted by atomic mass is 32.1. The first-order chi connectivity index (χ1) is 16.0. The number of amides is 1. The number of furan rings is 1. The number of aryl methyl sites for hydroxylation is 2. The molecule has 5 rings (SSSR count). The Kier molecular flexibility index (Phi) is 5.56. The van der Waals surface area contributed by atoms with Crippen LogP contribution in [-0.2, 0) is 6.54 Å². The number of hydrogen-bond donors (Lipinski definition) is 0. The first kappa shape index (κ1) is 21.2. The third-order valence-electron chi connectivity index (χ3n) is 5.53. The van der Waals surface area contributed by atoms with E-state index in [1.54, 1.807) is 17.2 Å². The Balaban J connectivity index is 1.59. The minimum Gasteiger partial charge on any atom is -0.490 e. The van der Waals surface area contributed by atoms with Crippen molar-refractivity contribution in [1.82, 2.24) is 9.97 Å². The summed E-state index contributed by atoms with van der Waals surface area (Å²) in [7, 11) is 0. The van der Waals surface area contributed by atoms with Crippen molar-refractivity contribution in [2.45, 2.75) is 27.3 Å². The zero-order chi connectivity index (χ0) is 22.9. The summed E-state index contributed by atoms with van der Waals surface area (Å²) in [4.78, 5) is 24.6. The normalized spacial score (nSPS) is 11.2. The van der Waals surface area contributed by atoms with Gasteiger partial charge in [0.25, 0.3) is 5.91 Å². The van der Waals surface area contributed by atoms with Gasteiger partial charge < -0.3 is 9.15 Å². The topological polar surface area (TPSA) is 68.5 Å². The minimum atomic E-state index is -0.271. The van der Waals surface area contributed by atoms with E-state index in [9.17, 15) is 4.79 Å². The van der Waals surface area contributed by atoms with E-state index in [4.69, 9.17) is 14.1 Å². The Morgan fingerprint density at radius 2 is 1.94 bits per heavy atom.